The number of aromatic nitrogens is 2. The van der Waals surface area contributed by atoms with Crippen LogP contribution in [0.25, 0.3) is 21.5 Å². The van der Waals surface area contributed by atoms with Crippen molar-refractivity contribution in [3.05, 3.63) is 65.8 Å². The van der Waals surface area contributed by atoms with Gasteiger partial charge in [-0.1, -0.05) is 18.2 Å². The Labute approximate surface area is 165 Å². The lowest BCUT2D eigenvalue weighted by Gasteiger charge is -2.08. The fourth-order valence-corrected chi connectivity index (χ4v) is 3.61. The van der Waals surface area contributed by atoms with Crippen molar-refractivity contribution in [2.75, 3.05) is 19.5 Å². The number of fused-ring (bicyclic) bond motifs is 1. The number of pyridine rings is 1. The summed E-state index contributed by atoms with van der Waals surface area (Å²) < 4.78 is 10.6. The summed E-state index contributed by atoms with van der Waals surface area (Å²) in [6.07, 6.45) is 1.64. The van der Waals surface area contributed by atoms with Gasteiger partial charge in [0.25, 0.3) is 5.91 Å². The first-order valence-electron chi connectivity index (χ1n) is 8.52. The Balaban J connectivity index is 1.55. The third kappa shape index (κ3) is 3.52. The lowest BCUT2D eigenvalue weighted by atomic mass is 10.2. The Morgan fingerprint density at radius 1 is 1.04 bits per heavy atom. The van der Waals surface area contributed by atoms with Crippen molar-refractivity contribution in [1.82, 2.24) is 9.97 Å². The van der Waals surface area contributed by atoms with Crippen molar-refractivity contribution >= 4 is 33.8 Å². The molecule has 6 nitrogen and oxygen atoms in total. The van der Waals surface area contributed by atoms with Gasteiger partial charge in [0.2, 0.25) is 0 Å². The molecule has 0 saturated heterocycles. The number of hydrogen-bond acceptors (Lipinski definition) is 6. The second kappa shape index (κ2) is 7.66. The van der Waals surface area contributed by atoms with Gasteiger partial charge in [-0.3, -0.25) is 9.78 Å². The van der Waals surface area contributed by atoms with E-state index in [-0.39, 0.29) is 5.91 Å². The number of carbonyl (C=O) groups excluding carboxylic acids is 1. The SMILES string of the molecule is COc1ccc(-c2nc(C(=O)Nc3cnc4ccccc4c3)cs2)cc1OC. The zero-order chi connectivity index (χ0) is 19.5. The number of carbonyl (C=O) groups is 1. The van der Waals surface area contributed by atoms with Crippen LogP contribution < -0.4 is 14.8 Å². The molecule has 0 fully saturated rings. The van der Waals surface area contributed by atoms with Crippen LogP contribution in [0.5, 0.6) is 11.5 Å². The summed E-state index contributed by atoms with van der Waals surface area (Å²) in [5.41, 5.74) is 2.71. The van der Waals surface area contributed by atoms with E-state index in [4.69, 9.17) is 9.47 Å². The zero-order valence-electron chi connectivity index (χ0n) is 15.3. The van der Waals surface area contributed by atoms with Crippen LogP contribution in [-0.4, -0.2) is 30.1 Å². The highest BCUT2D eigenvalue weighted by atomic mass is 32.1. The molecule has 2 aromatic carbocycles. The van der Waals surface area contributed by atoms with Gasteiger partial charge in [-0.15, -0.1) is 11.3 Å². The third-order valence-electron chi connectivity index (χ3n) is 4.22. The van der Waals surface area contributed by atoms with Crippen LogP contribution in [-0.2, 0) is 0 Å². The number of anilines is 1. The molecular weight excluding hydrogens is 374 g/mol. The number of hydrogen-bond donors (Lipinski definition) is 1. The van der Waals surface area contributed by atoms with Gasteiger partial charge in [-0.05, 0) is 30.3 Å². The van der Waals surface area contributed by atoms with E-state index in [0.29, 0.717) is 22.9 Å². The Morgan fingerprint density at radius 2 is 1.86 bits per heavy atom. The average molecular weight is 391 g/mol. The molecule has 7 heteroatoms. The maximum Gasteiger partial charge on any atom is 0.275 e. The van der Waals surface area contributed by atoms with Gasteiger partial charge in [0.1, 0.15) is 10.7 Å². The number of benzene rings is 2. The molecule has 0 aliphatic rings. The topological polar surface area (TPSA) is 73.3 Å². The van der Waals surface area contributed by atoms with Crippen molar-refractivity contribution in [3.8, 4) is 22.1 Å². The van der Waals surface area contributed by atoms with Gasteiger partial charge in [-0.2, -0.15) is 0 Å². The van der Waals surface area contributed by atoms with E-state index in [1.54, 1.807) is 25.8 Å². The molecule has 2 heterocycles. The van der Waals surface area contributed by atoms with Crippen molar-refractivity contribution in [2.24, 2.45) is 0 Å². The lowest BCUT2D eigenvalue weighted by molar-refractivity contribution is 0.102. The monoisotopic (exact) mass is 391 g/mol. The second-order valence-corrected chi connectivity index (χ2v) is 6.84. The van der Waals surface area contributed by atoms with Gasteiger partial charge in [-0.25, -0.2) is 4.98 Å². The molecule has 2 aromatic heterocycles. The first-order chi connectivity index (χ1) is 13.7. The fourth-order valence-electron chi connectivity index (χ4n) is 2.81. The standard InChI is InChI=1S/C21H17N3O3S/c1-26-18-8-7-14(10-19(18)27-2)21-24-17(12-28-21)20(25)23-15-9-13-5-3-4-6-16(13)22-11-15/h3-12H,1-2H3,(H,23,25). The number of thiazole rings is 1. The smallest absolute Gasteiger partial charge is 0.275 e. The number of ether oxygens (including phenoxy) is 2. The number of nitrogens with zero attached hydrogens (tertiary/aromatic N) is 2. The minimum atomic E-state index is -0.278. The van der Waals surface area contributed by atoms with Gasteiger partial charge in [0.15, 0.2) is 11.5 Å². The Kier molecular flexibility index (Phi) is 4.90. The fraction of sp³-hybridized carbons (Fsp3) is 0.0952. The van der Waals surface area contributed by atoms with E-state index in [1.165, 1.54) is 11.3 Å². The molecule has 0 atom stereocenters. The Bertz CT molecular complexity index is 1160. The van der Waals surface area contributed by atoms with Gasteiger partial charge < -0.3 is 14.8 Å². The molecule has 4 aromatic rings. The molecule has 0 radical (unpaired) electrons. The highest BCUT2D eigenvalue weighted by Gasteiger charge is 2.14. The van der Waals surface area contributed by atoms with Crippen molar-refractivity contribution in [2.45, 2.75) is 0 Å². The van der Waals surface area contributed by atoms with Crippen LogP contribution in [0.4, 0.5) is 5.69 Å². The molecule has 4 rings (SSSR count). The maximum absolute atomic E-state index is 12.6. The first-order valence-corrected chi connectivity index (χ1v) is 9.40. The van der Waals surface area contributed by atoms with Gasteiger partial charge in [0, 0.05) is 16.3 Å². The molecule has 0 spiro atoms. The lowest BCUT2D eigenvalue weighted by Crippen LogP contribution is -2.12. The van der Waals surface area contributed by atoms with Crippen molar-refractivity contribution < 1.29 is 14.3 Å². The highest BCUT2D eigenvalue weighted by Crippen LogP contribution is 2.33. The van der Waals surface area contributed by atoms with Crippen LogP contribution in [0, 0.1) is 0 Å². The summed E-state index contributed by atoms with van der Waals surface area (Å²) in [7, 11) is 3.17. The number of methoxy groups -OCH3 is 2. The molecule has 0 bridgehead atoms. The summed E-state index contributed by atoms with van der Waals surface area (Å²) in [5, 5.41) is 6.27. The molecule has 0 aliphatic carbocycles. The quantitative estimate of drug-likeness (QED) is 0.537. The van der Waals surface area contributed by atoms with E-state index in [2.05, 4.69) is 15.3 Å². The molecule has 0 aliphatic heterocycles. The molecule has 1 N–H and O–H groups in total. The van der Waals surface area contributed by atoms with Crippen LogP contribution >= 0.6 is 11.3 Å². The zero-order valence-corrected chi connectivity index (χ0v) is 16.1. The summed E-state index contributed by atoms with van der Waals surface area (Å²) in [5.74, 6) is 0.980. The van der Waals surface area contributed by atoms with E-state index in [1.807, 2.05) is 48.5 Å². The number of para-hydroxylation sites is 1. The Morgan fingerprint density at radius 3 is 2.68 bits per heavy atom. The number of rotatable bonds is 5. The molecule has 1 amide bonds. The van der Waals surface area contributed by atoms with E-state index in [0.717, 1.165) is 21.5 Å². The third-order valence-corrected chi connectivity index (χ3v) is 5.11. The predicted molar refractivity (Wildman–Crippen MR) is 110 cm³/mol. The van der Waals surface area contributed by atoms with Gasteiger partial charge >= 0.3 is 0 Å². The van der Waals surface area contributed by atoms with E-state index < -0.39 is 0 Å². The summed E-state index contributed by atoms with van der Waals surface area (Å²) in [6.45, 7) is 0. The molecule has 0 saturated carbocycles. The van der Waals surface area contributed by atoms with E-state index in [9.17, 15) is 4.79 Å². The Hall–Kier alpha value is -3.45. The highest BCUT2D eigenvalue weighted by molar-refractivity contribution is 7.13. The van der Waals surface area contributed by atoms with E-state index >= 15 is 0 Å². The first kappa shape index (κ1) is 17.9. The second-order valence-electron chi connectivity index (χ2n) is 5.98. The van der Waals surface area contributed by atoms with Crippen LogP contribution in [0.3, 0.4) is 0 Å². The van der Waals surface area contributed by atoms with Crippen LogP contribution in [0.2, 0.25) is 0 Å². The molecule has 140 valence electrons. The summed E-state index contributed by atoms with van der Waals surface area (Å²) >= 11 is 1.39. The minimum absolute atomic E-state index is 0.278. The molecule has 28 heavy (non-hydrogen) atoms. The molecule has 0 unspecified atom stereocenters. The number of nitrogens with one attached hydrogen (secondary N) is 1. The van der Waals surface area contributed by atoms with Crippen LogP contribution in [0.1, 0.15) is 10.5 Å². The largest absolute Gasteiger partial charge is 0.493 e. The average Bonchev–Trinajstić information content (AvgIpc) is 3.23. The van der Waals surface area contributed by atoms with Crippen LogP contribution in [0.15, 0.2) is 60.1 Å². The summed E-state index contributed by atoms with van der Waals surface area (Å²) in [6, 6.07) is 15.2. The normalized spacial score (nSPS) is 10.6. The van der Waals surface area contributed by atoms with Crippen molar-refractivity contribution in [3.63, 3.8) is 0 Å². The molecular formula is C21H17N3O3S. The predicted octanol–water partition coefficient (Wildman–Crippen LogP) is 4.63. The number of amides is 1. The van der Waals surface area contributed by atoms with Crippen molar-refractivity contribution in [1.29, 1.82) is 0 Å². The maximum atomic E-state index is 12.6. The summed E-state index contributed by atoms with van der Waals surface area (Å²) in [4.78, 5) is 21.4. The van der Waals surface area contributed by atoms with Gasteiger partial charge in [0.05, 0.1) is 31.6 Å². The minimum Gasteiger partial charge on any atom is -0.493 e.